The molecule has 0 fully saturated rings. The summed E-state index contributed by atoms with van der Waals surface area (Å²) in [4.78, 5) is 62.6. The van der Waals surface area contributed by atoms with Crippen LogP contribution in [0.15, 0.2) is 36.4 Å². The zero-order chi connectivity index (χ0) is 23.2. The predicted molar refractivity (Wildman–Crippen MR) is 96.1 cm³/mol. The van der Waals surface area contributed by atoms with Gasteiger partial charge in [0.1, 0.15) is 0 Å². The van der Waals surface area contributed by atoms with Gasteiger partial charge in [0.25, 0.3) is 0 Å². The molecule has 33 heavy (non-hydrogen) atoms. The second-order valence-electron chi connectivity index (χ2n) is 5.25. The molecular formula is C18H6O12Sn3. The summed E-state index contributed by atoms with van der Waals surface area (Å²) >= 11 is 0. The van der Waals surface area contributed by atoms with E-state index in [0.717, 1.165) is 24.3 Å². The third-order valence-corrected chi connectivity index (χ3v) is 3.39. The van der Waals surface area contributed by atoms with Gasteiger partial charge >= 0.3 is 71.7 Å². The van der Waals surface area contributed by atoms with Gasteiger partial charge in [0.2, 0.25) is 0 Å². The monoisotopic (exact) mass is 774 g/mol. The summed E-state index contributed by atoms with van der Waals surface area (Å²) in [6.07, 6.45) is 0. The summed E-state index contributed by atoms with van der Waals surface area (Å²) in [7, 11) is 0. The van der Waals surface area contributed by atoms with Crippen LogP contribution < -0.4 is 30.6 Å². The van der Waals surface area contributed by atoms with Crippen molar-refractivity contribution in [1.29, 1.82) is 0 Å². The Morgan fingerprint density at radius 2 is 0.636 bits per heavy atom. The minimum Gasteiger partial charge on any atom is -0.545 e. The van der Waals surface area contributed by atoms with Crippen molar-refractivity contribution in [2.45, 2.75) is 0 Å². The third-order valence-electron chi connectivity index (χ3n) is 3.39. The summed E-state index contributed by atoms with van der Waals surface area (Å²) < 4.78 is 0. The topological polar surface area (TPSA) is 241 Å². The summed E-state index contributed by atoms with van der Waals surface area (Å²) in [5.41, 5.74) is -3.67. The predicted octanol–water partition coefficient (Wildman–Crippen LogP) is -7.59. The average molecular weight is 770 g/mol. The molecule has 0 unspecified atom stereocenters. The number of carboxylic acids is 6. The Bertz CT molecular complexity index is 996. The van der Waals surface area contributed by atoms with Crippen LogP contribution in [-0.2, 0) is 0 Å². The van der Waals surface area contributed by atoms with Gasteiger partial charge in [0.15, 0.2) is 0 Å². The van der Waals surface area contributed by atoms with Crippen LogP contribution >= 0.6 is 0 Å². The quantitative estimate of drug-likeness (QED) is 0.249. The van der Waals surface area contributed by atoms with Crippen LogP contribution in [0.4, 0.5) is 0 Å². The number of hydrogen-bond donors (Lipinski definition) is 0. The van der Waals surface area contributed by atoms with Crippen molar-refractivity contribution < 1.29 is 59.4 Å². The minimum absolute atomic E-state index is 0. The maximum atomic E-state index is 10.5. The molecule has 0 spiro atoms. The summed E-state index contributed by atoms with van der Waals surface area (Å²) in [5.74, 6) is -10.3. The Balaban J connectivity index is -0.000000500. The zero-order valence-electron chi connectivity index (χ0n) is 15.9. The van der Waals surface area contributed by atoms with E-state index < -0.39 is 69.2 Å². The Morgan fingerprint density at radius 1 is 0.394 bits per heavy atom. The average Bonchev–Trinajstić information content (AvgIpc) is 2.67. The van der Waals surface area contributed by atoms with E-state index in [9.17, 15) is 59.4 Å². The van der Waals surface area contributed by atoms with Crippen molar-refractivity contribution in [2.75, 3.05) is 0 Å². The van der Waals surface area contributed by atoms with Crippen molar-refractivity contribution in [3.8, 4) is 0 Å². The molecule has 2 aromatic carbocycles. The molecule has 0 amide bonds. The first kappa shape index (κ1) is 35.3. The van der Waals surface area contributed by atoms with Gasteiger partial charge in [-0.15, -0.1) is 0 Å². The molecule has 2 aromatic rings. The van der Waals surface area contributed by atoms with E-state index in [-0.39, 0.29) is 71.7 Å². The van der Waals surface area contributed by atoms with Crippen LogP contribution in [-0.4, -0.2) is 108 Å². The van der Waals surface area contributed by atoms with E-state index in [4.69, 9.17) is 0 Å². The van der Waals surface area contributed by atoms with Crippen molar-refractivity contribution in [1.82, 2.24) is 0 Å². The van der Waals surface area contributed by atoms with Crippen LogP contribution in [0, 0.1) is 0 Å². The maximum absolute atomic E-state index is 10.5. The third kappa shape index (κ3) is 9.99. The largest absolute Gasteiger partial charge is 2.00 e. The standard InChI is InChI=1S/2C9H6O6.3Sn/c2*10-7(11)4-1-2-5(8(12)13)6(3-4)9(14)15;;;/h2*1-3H,(H,10,11)(H,12,13)(H,14,15);;;/q;;3*+2/p-6. The van der Waals surface area contributed by atoms with Crippen LogP contribution in [0.5, 0.6) is 0 Å². The van der Waals surface area contributed by atoms with Gasteiger partial charge in [-0.1, -0.05) is 24.3 Å². The van der Waals surface area contributed by atoms with E-state index in [2.05, 4.69) is 0 Å². The van der Waals surface area contributed by atoms with Gasteiger partial charge in [-0.3, -0.25) is 0 Å². The molecule has 12 nitrogen and oxygen atoms in total. The van der Waals surface area contributed by atoms with Gasteiger partial charge in [-0.05, 0) is 23.3 Å². The van der Waals surface area contributed by atoms with E-state index in [0.29, 0.717) is 12.1 Å². The van der Waals surface area contributed by atoms with E-state index >= 15 is 0 Å². The number of rotatable bonds is 6. The van der Waals surface area contributed by atoms with Crippen molar-refractivity contribution in [3.63, 3.8) is 0 Å². The number of aromatic carboxylic acids is 6. The smallest absolute Gasteiger partial charge is 0.545 e. The molecule has 15 heteroatoms. The molecule has 0 aliphatic rings. The van der Waals surface area contributed by atoms with Gasteiger partial charge in [-0.25, -0.2) is 0 Å². The molecule has 0 heterocycles. The Morgan fingerprint density at radius 3 is 0.818 bits per heavy atom. The molecular weight excluding hydrogens is 764 g/mol. The van der Waals surface area contributed by atoms with Crippen LogP contribution in [0.1, 0.15) is 62.1 Å². The summed E-state index contributed by atoms with van der Waals surface area (Å²) in [5, 5.41) is 62.6. The SMILES string of the molecule is O=C([O-])c1ccc(C(=O)[O-])c(C(=O)[O-])c1.O=C([O-])c1ccc(C(=O)[O-])c(C(=O)[O-])c1.[Sn+2].[Sn+2].[Sn+2]. The number of carboxylic acid groups (broad SMARTS) is 6. The first-order valence-corrected chi connectivity index (χ1v) is 7.43. The van der Waals surface area contributed by atoms with Crippen LogP contribution in [0.25, 0.3) is 0 Å². The molecule has 0 saturated heterocycles. The number of carbonyl (C=O) groups is 6. The first-order chi connectivity index (χ1) is 13.9. The fourth-order valence-corrected chi connectivity index (χ4v) is 2.04. The molecule has 162 valence electrons. The second-order valence-corrected chi connectivity index (χ2v) is 5.25. The molecule has 0 aliphatic carbocycles. The molecule has 0 saturated carbocycles. The molecule has 0 aliphatic heterocycles. The van der Waals surface area contributed by atoms with Crippen molar-refractivity contribution in [2.24, 2.45) is 0 Å². The van der Waals surface area contributed by atoms with Gasteiger partial charge in [-0.2, -0.15) is 0 Å². The van der Waals surface area contributed by atoms with E-state index in [1.54, 1.807) is 0 Å². The Kier molecular flexibility index (Phi) is 16.5. The first-order valence-electron chi connectivity index (χ1n) is 7.43. The van der Waals surface area contributed by atoms with E-state index in [1.807, 2.05) is 0 Å². The van der Waals surface area contributed by atoms with Gasteiger partial charge in [0.05, 0.1) is 35.8 Å². The van der Waals surface area contributed by atoms with E-state index in [1.165, 1.54) is 0 Å². The van der Waals surface area contributed by atoms with Crippen LogP contribution in [0.2, 0.25) is 0 Å². The van der Waals surface area contributed by atoms with Crippen molar-refractivity contribution >= 4 is 108 Å². The fourth-order valence-electron chi connectivity index (χ4n) is 2.04. The minimum atomic E-state index is -1.79. The molecule has 0 bridgehead atoms. The fraction of sp³-hybridized carbons (Fsp3) is 0. The Hall–Kier alpha value is -2.34. The number of carbonyl (C=O) groups excluding carboxylic acids is 6. The molecule has 0 aromatic heterocycles. The molecule has 0 atom stereocenters. The van der Waals surface area contributed by atoms with Crippen LogP contribution in [0.3, 0.4) is 0 Å². The summed E-state index contributed by atoms with van der Waals surface area (Å²) in [6.45, 7) is 0. The second kappa shape index (κ2) is 15.5. The molecule has 6 radical (unpaired) electrons. The summed E-state index contributed by atoms with van der Waals surface area (Å²) in [6, 6.07) is 4.74. The zero-order valence-corrected chi connectivity index (χ0v) is 24.4. The number of hydrogen-bond acceptors (Lipinski definition) is 12. The Labute approximate surface area is 235 Å². The number of benzene rings is 2. The molecule has 0 N–H and O–H groups in total. The van der Waals surface area contributed by atoms with Gasteiger partial charge in [0, 0.05) is 22.3 Å². The van der Waals surface area contributed by atoms with Crippen molar-refractivity contribution in [3.05, 3.63) is 69.8 Å². The normalized spacial score (nSPS) is 8.73. The maximum Gasteiger partial charge on any atom is 2.00 e. The van der Waals surface area contributed by atoms with Gasteiger partial charge < -0.3 is 59.4 Å². The molecule has 2 rings (SSSR count).